The molecule has 0 N–H and O–H groups in total. The van der Waals surface area contributed by atoms with Gasteiger partial charge in [-0.15, -0.1) is 5.10 Å². The third-order valence-electron chi connectivity index (χ3n) is 3.94. The number of methoxy groups -OCH3 is 1. The van der Waals surface area contributed by atoms with E-state index in [4.69, 9.17) is 16.3 Å². The smallest absolute Gasteiger partial charge is 0.187 e. The number of aromatic nitrogens is 5. The van der Waals surface area contributed by atoms with Crippen LogP contribution in [0.15, 0.2) is 53.8 Å². The first-order valence-corrected chi connectivity index (χ1v) is 9.30. The fourth-order valence-electron chi connectivity index (χ4n) is 2.54. The van der Waals surface area contributed by atoms with Crippen LogP contribution in [-0.2, 0) is 5.75 Å². The topological polar surface area (TPSA) is 65.7 Å². The highest BCUT2D eigenvalue weighted by atomic mass is 35.5. The Morgan fingerprint density at radius 1 is 1.15 bits per heavy atom. The summed E-state index contributed by atoms with van der Waals surface area (Å²) in [5.74, 6) is 0.727. The third-order valence-corrected chi connectivity index (χ3v) is 5.30. The van der Waals surface area contributed by atoms with Crippen LogP contribution < -0.4 is 4.74 Å². The van der Waals surface area contributed by atoms with E-state index >= 15 is 0 Å². The fraction of sp³-hybridized carbons (Fsp3) is 0.111. The molecule has 0 radical (unpaired) electrons. The van der Waals surface area contributed by atoms with Gasteiger partial charge in [0.1, 0.15) is 22.9 Å². The van der Waals surface area contributed by atoms with E-state index in [0.717, 1.165) is 11.4 Å². The lowest BCUT2D eigenvalue weighted by molar-refractivity contribution is 0.414. The van der Waals surface area contributed by atoms with Gasteiger partial charge >= 0.3 is 0 Å². The highest BCUT2D eigenvalue weighted by Crippen LogP contribution is 2.30. The molecule has 9 heteroatoms. The maximum Gasteiger partial charge on any atom is 0.187 e. The Balaban J connectivity index is 1.66. The van der Waals surface area contributed by atoms with Gasteiger partial charge in [-0.2, -0.15) is 4.68 Å². The number of benzene rings is 2. The van der Waals surface area contributed by atoms with E-state index in [1.54, 1.807) is 23.9 Å². The van der Waals surface area contributed by atoms with Gasteiger partial charge in [0.25, 0.3) is 0 Å². The molecular formula is C18H13ClFN5OS. The molecule has 0 spiro atoms. The molecule has 4 aromatic rings. The SMILES string of the molecule is COc1ccc(-n2nnc3c(SCc4c(F)cccc4Cl)ncnc32)cc1. The lowest BCUT2D eigenvalue weighted by Crippen LogP contribution is -1.98. The summed E-state index contributed by atoms with van der Waals surface area (Å²) in [4.78, 5) is 8.56. The second-order valence-electron chi connectivity index (χ2n) is 5.54. The second-order valence-corrected chi connectivity index (χ2v) is 6.91. The molecule has 0 saturated carbocycles. The molecule has 2 aromatic carbocycles. The average Bonchev–Trinajstić information content (AvgIpc) is 3.12. The molecule has 2 aromatic heterocycles. The summed E-state index contributed by atoms with van der Waals surface area (Å²) in [5.41, 5.74) is 2.34. The van der Waals surface area contributed by atoms with Crippen LogP contribution in [0.25, 0.3) is 16.9 Å². The molecule has 0 amide bonds. The minimum atomic E-state index is -0.345. The summed E-state index contributed by atoms with van der Waals surface area (Å²) >= 11 is 7.43. The van der Waals surface area contributed by atoms with Gasteiger partial charge in [0.15, 0.2) is 11.2 Å². The number of nitrogens with zero attached hydrogens (tertiary/aromatic N) is 5. The summed E-state index contributed by atoms with van der Waals surface area (Å²) in [6, 6.07) is 12.0. The molecule has 0 aliphatic carbocycles. The number of ether oxygens (including phenoxy) is 1. The Morgan fingerprint density at radius 3 is 2.70 bits per heavy atom. The molecule has 0 saturated heterocycles. The standard InChI is InChI=1S/C18H13ClFN5OS/c1-26-12-7-5-11(6-8-12)25-17-16(23-24-25)18(22-10-21-17)27-9-13-14(19)3-2-4-15(13)20/h2-8,10H,9H2,1H3. The van der Waals surface area contributed by atoms with Crippen molar-refractivity contribution in [1.29, 1.82) is 0 Å². The van der Waals surface area contributed by atoms with Crippen LogP contribution in [0.4, 0.5) is 4.39 Å². The number of rotatable bonds is 5. The van der Waals surface area contributed by atoms with E-state index in [2.05, 4.69) is 20.3 Å². The number of thioether (sulfide) groups is 1. The van der Waals surface area contributed by atoms with Crippen molar-refractivity contribution in [2.75, 3.05) is 7.11 Å². The van der Waals surface area contributed by atoms with Crippen LogP contribution in [-0.4, -0.2) is 32.1 Å². The predicted molar refractivity (Wildman–Crippen MR) is 102 cm³/mol. The van der Waals surface area contributed by atoms with E-state index in [1.807, 2.05) is 24.3 Å². The van der Waals surface area contributed by atoms with Crippen molar-refractivity contribution in [2.24, 2.45) is 0 Å². The molecular weight excluding hydrogens is 389 g/mol. The van der Waals surface area contributed by atoms with Gasteiger partial charge in [-0.3, -0.25) is 0 Å². The van der Waals surface area contributed by atoms with Gasteiger partial charge in [-0.05, 0) is 36.4 Å². The Morgan fingerprint density at radius 2 is 1.96 bits per heavy atom. The van der Waals surface area contributed by atoms with Gasteiger partial charge in [0.2, 0.25) is 0 Å². The summed E-state index contributed by atoms with van der Waals surface area (Å²) in [6.45, 7) is 0. The van der Waals surface area contributed by atoms with Gasteiger partial charge in [0.05, 0.1) is 12.8 Å². The Bertz CT molecular complexity index is 1080. The lowest BCUT2D eigenvalue weighted by Gasteiger charge is -2.06. The van der Waals surface area contributed by atoms with Gasteiger partial charge in [0, 0.05) is 16.3 Å². The molecule has 0 fully saturated rings. The number of hydrogen-bond acceptors (Lipinski definition) is 6. The summed E-state index contributed by atoms with van der Waals surface area (Å²) in [6.07, 6.45) is 1.44. The molecule has 2 heterocycles. The largest absolute Gasteiger partial charge is 0.497 e. The lowest BCUT2D eigenvalue weighted by atomic mass is 10.2. The zero-order valence-electron chi connectivity index (χ0n) is 14.1. The van der Waals surface area contributed by atoms with Crippen molar-refractivity contribution in [3.05, 3.63) is 65.2 Å². The minimum Gasteiger partial charge on any atom is -0.497 e. The van der Waals surface area contributed by atoms with Crippen molar-refractivity contribution in [3.8, 4) is 11.4 Å². The van der Waals surface area contributed by atoms with Gasteiger partial charge in [-0.25, -0.2) is 14.4 Å². The van der Waals surface area contributed by atoms with Crippen LogP contribution in [0.1, 0.15) is 5.56 Å². The molecule has 0 bridgehead atoms. The van der Waals surface area contributed by atoms with Crippen molar-refractivity contribution in [2.45, 2.75) is 10.8 Å². The fourth-order valence-corrected chi connectivity index (χ4v) is 3.82. The maximum absolute atomic E-state index is 14.0. The van der Waals surface area contributed by atoms with Crippen molar-refractivity contribution in [1.82, 2.24) is 25.0 Å². The highest BCUT2D eigenvalue weighted by molar-refractivity contribution is 7.98. The summed E-state index contributed by atoms with van der Waals surface area (Å²) in [7, 11) is 1.61. The first kappa shape index (κ1) is 17.7. The third kappa shape index (κ3) is 3.45. The molecule has 27 heavy (non-hydrogen) atoms. The summed E-state index contributed by atoms with van der Waals surface area (Å²) < 4.78 is 20.8. The maximum atomic E-state index is 14.0. The van der Waals surface area contributed by atoms with E-state index in [0.29, 0.717) is 32.5 Å². The van der Waals surface area contributed by atoms with Crippen LogP contribution in [0.3, 0.4) is 0 Å². The van der Waals surface area contributed by atoms with Crippen LogP contribution in [0.5, 0.6) is 5.75 Å². The van der Waals surface area contributed by atoms with Crippen LogP contribution >= 0.6 is 23.4 Å². The Labute approximate surface area is 163 Å². The quantitative estimate of drug-likeness (QED) is 0.367. The highest BCUT2D eigenvalue weighted by Gasteiger charge is 2.15. The zero-order valence-corrected chi connectivity index (χ0v) is 15.7. The Kier molecular flexibility index (Phi) is 4.91. The second kappa shape index (κ2) is 7.50. The number of fused-ring (bicyclic) bond motifs is 1. The minimum absolute atomic E-state index is 0.326. The normalized spacial score (nSPS) is 11.1. The van der Waals surface area contributed by atoms with Crippen molar-refractivity contribution in [3.63, 3.8) is 0 Å². The molecule has 136 valence electrons. The molecule has 0 aliphatic heterocycles. The van der Waals surface area contributed by atoms with E-state index in [-0.39, 0.29) is 5.82 Å². The van der Waals surface area contributed by atoms with Gasteiger partial charge in [-0.1, -0.05) is 34.6 Å². The first-order chi connectivity index (χ1) is 13.2. The van der Waals surface area contributed by atoms with E-state index in [1.165, 1.54) is 24.2 Å². The van der Waals surface area contributed by atoms with Crippen LogP contribution in [0.2, 0.25) is 5.02 Å². The zero-order chi connectivity index (χ0) is 18.8. The monoisotopic (exact) mass is 401 g/mol. The molecule has 6 nitrogen and oxygen atoms in total. The first-order valence-electron chi connectivity index (χ1n) is 7.94. The Hall–Kier alpha value is -2.71. The van der Waals surface area contributed by atoms with E-state index in [9.17, 15) is 4.39 Å². The molecule has 0 atom stereocenters. The van der Waals surface area contributed by atoms with Crippen LogP contribution in [0, 0.1) is 5.82 Å². The number of halogens is 2. The average molecular weight is 402 g/mol. The molecule has 0 unspecified atom stereocenters. The molecule has 4 rings (SSSR count). The predicted octanol–water partition coefficient (Wildman–Crippen LogP) is 4.30. The van der Waals surface area contributed by atoms with Crippen molar-refractivity contribution < 1.29 is 9.13 Å². The van der Waals surface area contributed by atoms with Crippen molar-refractivity contribution >= 4 is 34.5 Å². The summed E-state index contributed by atoms with van der Waals surface area (Å²) in [5, 5.41) is 9.38. The number of hydrogen-bond donors (Lipinski definition) is 0. The van der Waals surface area contributed by atoms with Gasteiger partial charge < -0.3 is 4.74 Å². The molecule has 0 aliphatic rings. The van der Waals surface area contributed by atoms with E-state index < -0.39 is 0 Å².